The van der Waals surface area contributed by atoms with Crippen LogP contribution in [0.15, 0.2) is 18.2 Å². The van der Waals surface area contributed by atoms with E-state index < -0.39 is 35.0 Å². The zero-order valence-corrected chi connectivity index (χ0v) is 8.34. The third-order valence-electron chi connectivity index (χ3n) is 2.19. The Hall–Kier alpha value is -1.64. The van der Waals surface area contributed by atoms with Gasteiger partial charge >= 0.3 is 12.4 Å². The van der Waals surface area contributed by atoms with Crippen molar-refractivity contribution < 1.29 is 41.7 Å². The van der Waals surface area contributed by atoms with Gasteiger partial charge in [0.15, 0.2) is 0 Å². The molecule has 3 nitrogen and oxygen atoms in total. The number of hydrogen-bond acceptors (Lipinski definition) is 3. The van der Waals surface area contributed by atoms with Crippen LogP contribution in [0.4, 0.5) is 26.3 Å². The molecule has 1 aromatic carbocycles. The Bertz CT molecular complexity index is 437. The van der Waals surface area contributed by atoms with Gasteiger partial charge in [-0.15, -0.1) is 0 Å². The number of rotatable bonds is 1. The van der Waals surface area contributed by atoms with Crippen LogP contribution in [0.5, 0.6) is 11.5 Å². The number of phenolic OH excluding ortho intramolecular Hbond substituents is 2. The molecule has 3 N–H and O–H groups in total. The standard InChI is InChI=1S/C9H6F6O3/c10-8(11,12)7(18,9(13,14)15)5-3-4(16)1-2-6(5)17/h1-3,16-18H. The van der Waals surface area contributed by atoms with E-state index in [4.69, 9.17) is 15.3 Å². The van der Waals surface area contributed by atoms with Crippen molar-refractivity contribution in [1.29, 1.82) is 0 Å². The molecule has 0 spiro atoms. The van der Waals surface area contributed by atoms with Gasteiger partial charge < -0.3 is 15.3 Å². The summed E-state index contributed by atoms with van der Waals surface area (Å²) in [5.74, 6) is -2.40. The highest BCUT2D eigenvalue weighted by Crippen LogP contribution is 2.52. The first-order chi connectivity index (χ1) is 7.91. The van der Waals surface area contributed by atoms with Crippen molar-refractivity contribution in [3.63, 3.8) is 0 Å². The average Bonchev–Trinajstić information content (AvgIpc) is 2.17. The van der Waals surface area contributed by atoms with Crippen molar-refractivity contribution in [2.75, 3.05) is 0 Å². The third kappa shape index (κ3) is 2.05. The highest BCUT2D eigenvalue weighted by molar-refractivity contribution is 5.44. The lowest BCUT2D eigenvalue weighted by molar-refractivity contribution is -0.376. The van der Waals surface area contributed by atoms with E-state index in [9.17, 15) is 26.3 Å². The Morgan fingerprint density at radius 2 is 1.28 bits per heavy atom. The van der Waals surface area contributed by atoms with Crippen LogP contribution in [0.3, 0.4) is 0 Å². The zero-order chi connectivity index (χ0) is 14.4. The Labute approximate surface area is 95.9 Å². The average molecular weight is 276 g/mol. The number of halogens is 6. The molecule has 0 saturated carbocycles. The maximum absolute atomic E-state index is 12.4. The Morgan fingerprint density at radius 1 is 0.833 bits per heavy atom. The molecule has 0 aliphatic carbocycles. The smallest absolute Gasteiger partial charge is 0.430 e. The summed E-state index contributed by atoms with van der Waals surface area (Å²) in [6.45, 7) is 0. The molecular formula is C9H6F6O3. The fourth-order valence-electron chi connectivity index (χ4n) is 1.28. The number of hydrogen-bond donors (Lipinski definition) is 3. The monoisotopic (exact) mass is 276 g/mol. The van der Waals surface area contributed by atoms with Crippen LogP contribution < -0.4 is 0 Å². The first-order valence-electron chi connectivity index (χ1n) is 4.29. The number of benzene rings is 1. The van der Waals surface area contributed by atoms with E-state index in [-0.39, 0.29) is 6.07 Å². The quantitative estimate of drug-likeness (QED) is 0.545. The zero-order valence-electron chi connectivity index (χ0n) is 8.34. The molecule has 0 atom stereocenters. The van der Waals surface area contributed by atoms with Gasteiger partial charge in [-0.2, -0.15) is 26.3 Å². The summed E-state index contributed by atoms with van der Waals surface area (Å²) in [5.41, 5.74) is -7.15. The molecular weight excluding hydrogens is 270 g/mol. The van der Waals surface area contributed by atoms with Gasteiger partial charge in [-0.05, 0) is 18.2 Å². The molecule has 0 amide bonds. The second-order valence-corrected chi connectivity index (χ2v) is 3.41. The van der Waals surface area contributed by atoms with Crippen LogP contribution in [0.25, 0.3) is 0 Å². The topological polar surface area (TPSA) is 60.7 Å². The summed E-state index contributed by atoms with van der Waals surface area (Å²) in [5, 5.41) is 26.8. The Balaban J connectivity index is 3.61. The van der Waals surface area contributed by atoms with Gasteiger partial charge in [0.05, 0.1) is 0 Å². The number of alkyl halides is 6. The van der Waals surface area contributed by atoms with Gasteiger partial charge in [-0.25, -0.2) is 0 Å². The third-order valence-corrected chi connectivity index (χ3v) is 2.19. The van der Waals surface area contributed by atoms with E-state index in [2.05, 4.69) is 0 Å². The molecule has 0 saturated heterocycles. The number of aromatic hydroxyl groups is 2. The lowest BCUT2D eigenvalue weighted by atomic mass is 9.91. The summed E-state index contributed by atoms with van der Waals surface area (Å²) in [6.07, 6.45) is -12.2. The molecule has 0 radical (unpaired) electrons. The highest BCUT2D eigenvalue weighted by Gasteiger charge is 2.72. The van der Waals surface area contributed by atoms with Gasteiger partial charge in [-0.3, -0.25) is 0 Å². The van der Waals surface area contributed by atoms with Crippen molar-refractivity contribution in [1.82, 2.24) is 0 Å². The van der Waals surface area contributed by atoms with Crippen molar-refractivity contribution in [3.8, 4) is 11.5 Å². The van der Waals surface area contributed by atoms with Gasteiger partial charge in [0, 0.05) is 5.56 Å². The van der Waals surface area contributed by atoms with Gasteiger partial charge in [-0.1, -0.05) is 0 Å². The van der Waals surface area contributed by atoms with E-state index in [1.54, 1.807) is 0 Å². The van der Waals surface area contributed by atoms with E-state index in [0.717, 1.165) is 0 Å². The molecule has 1 aromatic rings. The normalized spacial score (nSPS) is 13.7. The van der Waals surface area contributed by atoms with Crippen LogP contribution >= 0.6 is 0 Å². The Morgan fingerprint density at radius 3 is 1.67 bits per heavy atom. The van der Waals surface area contributed by atoms with E-state index in [1.807, 2.05) is 0 Å². The maximum atomic E-state index is 12.4. The lowest BCUT2D eigenvalue weighted by Crippen LogP contribution is -2.53. The molecule has 9 heteroatoms. The van der Waals surface area contributed by atoms with Crippen LogP contribution in [-0.4, -0.2) is 27.7 Å². The maximum Gasteiger partial charge on any atom is 0.430 e. The minimum Gasteiger partial charge on any atom is -0.508 e. The number of aliphatic hydroxyl groups is 1. The molecule has 0 aliphatic rings. The molecule has 0 aliphatic heterocycles. The van der Waals surface area contributed by atoms with Crippen LogP contribution in [0.1, 0.15) is 5.56 Å². The molecule has 0 heterocycles. The van der Waals surface area contributed by atoms with E-state index in [1.165, 1.54) is 0 Å². The van der Waals surface area contributed by atoms with Gasteiger partial charge in [0.25, 0.3) is 5.60 Å². The summed E-state index contributed by atoms with van der Waals surface area (Å²) in [7, 11) is 0. The molecule has 1 rings (SSSR count). The summed E-state index contributed by atoms with van der Waals surface area (Å²) < 4.78 is 74.6. The van der Waals surface area contributed by atoms with Gasteiger partial charge in [0.1, 0.15) is 11.5 Å². The molecule has 0 fully saturated rings. The van der Waals surface area contributed by atoms with Crippen LogP contribution in [0.2, 0.25) is 0 Å². The summed E-state index contributed by atoms with van der Waals surface area (Å²) in [6, 6.07) is 1.08. The second-order valence-electron chi connectivity index (χ2n) is 3.41. The minimum absolute atomic E-state index is 0.00366. The van der Waals surface area contributed by atoms with Crippen molar-refractivity contribution >= 4 is 0 Å². The second kappa shape index (κ2) is 3.94. The largest absolute Gasteiger partial charge is 0.508 e. The van der Waals surface area contributed by atoms with Crippen LogP contribution in [-0.2, 0) is 5.60 Å². The lowest BCUT2D eigenvalue weighted by Gasteiger charge is -2.32. The fourth-order valence-corrected chi connectivity index (χ4v) is 1.28. The fraction of sp³-hybridized carbons (Fsp3) is 0.333. The predicted octanol–water partition coefficient (Wildman–Crippen LogP) is 2.41. The molecule has 18 heavy (non-hydrogen) atoms. The first kappa shape index (κ1) is 14.4. The first-order valence-corrected chi connectivity index (χ1v) is 4.29. The van der Waals surface area contributed by atoms with E-state index >= 15 is 0 Å². The van der Waals surface area contributed by atoms with Crippen LogP contribution in [0, 0.1) is 0 Å². The van der Waals surface area contributed by atoms with Crippen molar-refractivity contribution in [2.24, 2.45) is 0 Å². The molecule has 102 valence electrons. The van der Waals surface area contributed by atoms with Gasteiger partial charge in [0.2, 0.25) is 0 Å². The highest BCUT2D eigenvalue weighted by atomic mass is 19.4. The molecule has 0 aromatic heterocycles. The van der Waals surface area contributed by atoms with E-state index in [0.29, 0.717) is 12.1 Å². The molecule has 0 unspecified atom stereocenters. The summed E-state index contributed by atoms with van der Waals surface area (Å²) >= 11 is 0. The van der Waals surface area contributed by atoms with Crippen molar-refractivity contribution in [3.05, 3.63) is 23.8 Å². The Kier molecular flexibility index (Phi) is 3.16. The number of phenols is 2. The predicted molar refractivity (Wildman–Crippen MR) is 45.8 cm³/mol. The summed E-state index contributed by atoms with van der Waals surface area (Å²) in [4.78, 5) is 0. The minimum atomic E-state index is -6.11. The SMILES string of the molecule is Oc1ccc(O)c(C(O)(C(F)(F)F)C(F)(F)F)c1. The molecule has 0 bridgehead atoms. The van der Waals surface area contributed by atoms with Crippen molar-refractivity contribution in [2.45, 2.75) is 18.0 Å².